The highest BCUT2D eigenvalue weighted by Gasteiger charge is 2.05. The van der Waals surface area contributed by atoms with Crippen molar-refractivity contribution in [2.45, 2.75) is 5.33 Å². The second kappa shape index (κ2) is 4.84. The Labute approximate surface area is 115 Å². The highest BCUT2D eigenvalue weighted by molar-refractivity contribution is 14.1. The van der Waals surface area contributed by atoms with E-state index in [9.17, 15) is 0 Å². The number of nitrogens with zero attached hydrogens (tertiary/aromatic N) is 2. The summed E-state index contributed by atoms with van der Waals surface area (Å²) in [7, 11) is 0. The van der Waals surface area contributed by atoms with Crippen molar-refractivity contribution < 1.29 is 0 Å². The Bertz CT molecular complexity index is 484. The Morgan fingerprint density at radius 3 is 2.87 bits per heavy atom. The fraction of sp³-hybridized carbons (Fsp3) is 0.100. The zero-order valence-electron chi connectivity index (χ0n) is 7.62. The molecule has 0 aliphatic heterocycles. The summed E-state index contributed by atoms with van der Waals surface area (Å²) in [5, 5.41) is 5.78. The van der Waals surface area contributed by atoms with E-state index >= 15 is 0 Å². The van der Waals surface area contributed by atoms with E-state index in [1.165, 1.54) is 0 Å². The number of halogens is 3. The van der Waals surface area contributed by atoms with Crippen LogP contribution in [0.5, 0.6) is 0 Å². The topological polar surface area (TPSA) is 17.8 Å². The molecule has 2 nitrogen and oxygen atoms in total. The summed E-state index contributed by atoms with van der Waals surface area (Å²) >= 11 is 11.6. The Morgan fingerprint density at radius 2 is 2.27 bits per heavy atom. The van der Waals surface area contributed by atoms with Crippen LogP contribution in [0.3, 0.4) is 0 Å². The molecule has 0 atom stereocenters. The molecule has 0 amide bonds. The Balaban J connectivity index is 2.52. The highest BCUT2D eigenvalue weighted by atomic mass is 127. The maximum Gasteiger partial charge on any atom is 0.0687 e. The van der Waals surface area contributed by atoms with Crippen LogP contribution in [0.25, 0.3) is 5.69 Å². The summed E-state index contributed by atoms with van der Waals surface area (Å²) < 4.78 is 2.97. The van der Waals surface area contributed by atoms with Crippen molar-refractivity contribution in [2.24, 2.45) is 0 Å². The first-order valence-electron chi connectivity index (χ1n) is 4.25. The first kappa shape index (κ1) is 11.4. The zero-order chi connectivity index (χ0) is 10.8. The smallest absolute Gasteiger partial charge is 0.0687 e. The van der Waals surface area contributed by atoms with Gasteiger partial charge in [-0.05, 0) is 46.4 Å². The monoisotopic (exact) mass is 396 g/mol. The van der Waals surface area contributed by atoms with Crippen molar-refractivity contribution in [3.8, 4) is 5.69 Å². The first-order valence-corrected chi connectivity index (χ1v) is 6.83. The third-order valence-electron chi connectivity index (χ3n) is 1.98. The van der Waals surface area contributed by atoms with Crippen LogP contribution in [0.4, 0.5) is 0 Å². The van der Waals surface area contributed by atoms with Gasteiger partial charge in [0.1, 0.15) is 0 Å². The lowest BCUT2D eigenvalue weighted by atomic mass is 10.2. The molecule has 0 saturated carbocycles. The molecule has 1 aromatic carbocycles. The molecule has 0 fully saturated rings. The van der Waals surface area contributed by atoms with Crippen LogP contribution in [0, 0.1) is 3.57 Å². The van der Waals surface area contributed by atoms with E-state index in [-0.39, 0.29) is 0 Å². The van der Waals surface area contributed by atoms with E-state index in [4.69, 9.17) is 11.6 Å². The van der Waals surface area contributed by atoms with E-state index in [0.717, 1.165) is 25.2 Å². The van der Waals surface area contributed by atoms with Crippen LogP contribution in [-0.4, -0.2) is 9.78 Å². The predicted octanol–water partition coefficient (Wildman–Crippen LogP) is 4.03. The van der Waals surface area contributed by atoms with Crippen LogP contribution in [-0.2, 0) is 5.33 Å². The molecule has 1 aromatic heterocycles. The summed E-state index contributed by atoms with van der Waals surface area (Å²) in [6.45, 7) is 0. The molecule has 0 radical (unpaired) electrons. The van der Waals surface area contributed by atoms with Crippen LogP contribution in [0.15, 0.2) is 30.6 Å². The summed E-state index contributed by atoms with van der Waals surface area (Å²) in [4.78, 5) is 0. The van der Waals surface area contributed by atoms with Gasteiger partial charge < -0.3 is 0 Å². The Kier molecular flexibility index (Phi) is 3.69. The van der Waals surface area contributed by atoms with Crippen molar-refractivity contribution in [1.29, 1.82) is 0 Å². The molecule has 5 heteroatoms. The third-order valence-corrected chi connectivity index (χ3v) is 3.38. The van der Waals surface area contributed by atoms with Crippen molar-refractivity contribution >= 4 is 50.1 Å². The maximum atomic E-state index is 5.94. The molecule has 0 spiro atoms. The van der Waals surface area contributed by atoms with E-state index in [1.807, 2.05) is 35.3 Å². The standard InChI is InChI=1S/C10H7BrClIN2/c11-4-7-3-8(12)1-2-10(7)15-6-9(13)5-14-15/h1-3,5-6H,4H2. The Hall–Kier alpha value is -0.0700. The van der Waals surface area contributed by atoms with Gasteiger partial charge in [-0.2, -0.15) is 5.10 Å². The molecule has 15 heavy (non-hydrogen) atoms. The van der Waals surface area contributed by atoms with Gasteiger partial charge in [0.25, 0.3) is 0 Å². The van der Waals surface area contributed by atoms with Crippen LogP contribution in [0.2, 0.25) is 5.02 Å². The number of benzene rings is 1. The minimum Gasteiger partial charge on any atom is -0.240 e. The fourth-order valence-corrected chi connectivity index (χ4v) is 2.35. The molecule has 0 aliphatic rings. The lowest BCUT2D eigenvalue weighted by molar-refractivity contribution is 0.872. The molecule has 2 rings (SSSR count). The van der Waals surface area contributed by atoms with Gasteiger partial charge >= 0.3 is 0 Å². The van der Waals surface area contributed by atoms with Crippen LogP contribution in [0.1, 0.15) is 5.56 Å². The van der Waals surface area contributed by atoms with Gasteiger partial charge in [-0.25, -0.2) is 4.68 Å². The lowest BCUT2D eigenvalue weighted by Crippen LogP contribution is -1.98. The number of alkyl halides is 1. The minimum atomic E-state index is 0.745. The van der Waals surface area contributed by atoms with Gasteiger partial charge in [0.15, 0.2) is 0 Å². The summed E-state index contributed by atoms with van der Waals surface area (Å²) in [6, 6.07) is 5.79. The van der Waals surface area contributed by atoms with Gasteiger partial charge in [-0.1, -0.05) is 27.5 Å². The number of hydrogen-bond acceptors (Lipinski definition) is 1. The van der Waals surface area contributed by atoms with E-state index in [2.05, 4.69) is 43.6 Å². The summed E-state index contributed by atoms with van der Waals surface area (Å²) in [5.41, 5.74) is 2.18. The van der Waals surface area contributed by atoms with Crippen LogP contribution >= 0.6 is 50.1 Å². The number of hydrogen-bond donors (Lipinski definition) is 0. The molecule has 0 bridgehead atoms. The fourth-order valence-electron chi connectivity index (χ4n) is 1.32. The quantitative estimate of drug-likeness (QED) is 0.553. The van der Waals surface area contributed by atoms with Gasteiger partial charge in [0, 0.05) is 16.5 Å². The molecule has 0 N–H and O–H groups in total. The zero-order valence-corrected chi connectivity index (χ0v) is 12.1. The van der Waals surface area contributed by atoms with E-state index < -0.39 is 0 Å². The molecule has 0 unspecified atom stereocenters. The SMILES string of the molecule is Clc1ccc(-n2cc(I)cn2)c(CBr)c1. The van der Waals surface area contributed by atoms with Crippen molar-refractivity contribution in [1.82, 2.24) is 9.78 Å². The number of aromatic nitrogens is 2. The molecule has 2 aromatic rings. The molecule has 78 valence electrons. The summed E-state index contributed by atoms with van der Waals surface area (Å²) in [5.74, 6) is 0. The highest BCUT2D eigenvalue weighted by Crippen LogP contribution is 2.22. The third kappa shape index (κ3) is 2.54. The van der Waals surface area contributed by atoms with Crippen molar-refractivity contribution in [3.63, 3.8) is 0 Å². The minimum absolute atomic E-state index is 0.745. The predicted molar refractivity (Wildman–Crippen MR) is 73.9 cm³/mol. The first-order chi connectivity index (χ1) is 7.20. The second-order valence-electron chi connectivity index (χ2n) is 3.01. The average Bonchev–Trinajstić information content (AvgIpc) is 2.64. The van der Waals surface area contributed by atoms with E-state index in [1.54, 1.807) is 0 Å². The largest absolute Gasteiger partial charge is 0.240 e. The Morgan fingerprint density at radius 1 is 1.47 bits per heavy atom. The van der Waals surface area contributed by atoms with Gasteiger partial charge in [0.2, 0.25) is 0 Å². The molecular formula is C10H7BrClIN2. The molecule has 0 saturated heterocycles. The van der Waals surface area contributed by atoms with Gasteiger partial charge in [-0.3, -0.25) is 0 Å². The van der Waals surface area contributed by atoms with Gasteiger partial charge in [0.05, 0.1) is 15.5 Å². The van der Waals surface area contributed by atoms with Gasteiger partial charge in [-0.15, -0.1) is 0 Å². The molecular weight excluding hydrogens is 390 g/mol. The normalized spacial score (nSPS) is 10.6. The number of rotatable bonds is 2. The maximum absolute atomic E-state index is 5.94. The average molecular weight is 397 g/mol. The lowest BCUT2D eigenvalue weighted by Gasteiger charge is -2.07. The summed E-state index contributed by atoms with van der Waals surface area (Å²) in [6.07, 6.45) is 3.81. The second-order valence-corrected chi connectivity index (χ2v) is 5.25. The molecule has 0 aliphatic carbocycles. The van der Waals surface area contributed by atoms with Crippen molar-refractivity contribution in [3.05, 3.63) is 44.7 Å². The van der Waals surface area contributed by atoms with Crippen LogP contribution < -0.4 is 0 Å². The van der Waals surface area contributed by atoms with Crippen molar-refractivity contribution in [2.75, 3.05) is 0 Å². The van der Waals surface area contributed by atoms with E-state index in [0.29, 0.717) is 0 Å². The molecule has 1 heterocycles.